The van der Waals surface area contributed by atoms with Crippen LogP contribution in [0.1, 0.15) is 16.1 Å². The van der Waals surface area contributed by atoms with Crippen LogP contribution in [0.2, 0.25) is 0 Å². The van der Waals surface area contributed by atoms with Crippen LogP contribution in [0.5, 0.6) is 0 Å². The molecule has 1 aromatic heterocycles. The number of carboxylic acids is 1. The molecular weight excluding hydrogens is 170 g/mol. The second-order valence-electron chi connectivity index (χ2n) is 2.19. The van der Waals surface area contributed by atoms with Crippen LogP contribution in [0.3, 0.4) is 0 Å². The van der Waals surface area contributed by atoms with E-state index in [0.717, 1.165) is 0 Å². The number of aliphatic hydroxyl groups excluding tert-OH is 1. The fraction of sp³-hybridized carbons (Fsp3) is 0.111. The van der Waals surface area contributed by atoms with Crippen LogP contribution in [-0.4, -0.2) is 27.8 Å². The summed E-state index contributed by atoms with van der Waals surface area (Å²) in [7, 11) is 0. The fourth-order valence-electron chi connectivity index (χ4n) is 0.767. The van der Waals surface area contributed by atoms with E-state index in [2.05, 4.69) is 16.8 Å². The Morgan fingerprint density at radius 1 is 1.62 bits per heavy atom. The highest BCUT2D eigenvalue weighted by Crippen LogP contribution is 1.99. The Kier molecular flexibility index (Phi) is 3.01. The molecule has 0 aliphatic rings. The largest absolute Gasteiger partial charge is 0.477 e. The Balaban J connectivity index is 2.98. The molecule has 0 unspecified atom stereocenters. The lowest BCUT2D eigenvalue weighted by atomic mass is 10.2. The van der Waals surface area contributed by atoms with Crippen molar-refractivity contribution in [1.29, 1.82) is 0 Å². The highest BCUT2D eigenvalue weighted by molar-refractivity contribution is 5.85. The molecule has 0 aliphatic carbocycles. The first-order valence-corrected chi connectivity index (χ1v) is 3.53. The lowest BCUT2D eigenvalue weighted by molar-refractivity contribution is 0.0690. The molecule has 0 saturated heterocycles. The van der Waals surface area contributed by atoms with Gasteiger partial charge in [-0.15, -0.1) is 0 Å². The Morgan fingerprint density at radius 2 is 2.38 bits per heavy atom. The van der Waals surface area contributed by atoms with Gasteiger partial charge in [0.25, 0.3) is 0 Å². The van der Waals surface area contributed by atoms with Crippen LogP contribution in [0, 0.1) is 11.8 Å². The van der Waals surface area contributed by atoms with Crippen LogP contribution >= 0.6 is 0 Å². The maximum absolute atomic E-state index is 10.5. The Labute approximate surface area is 74.9 Å². The number of carbonyl (C=O) groups is 1. The van der Waals surface area contributed by atoms with Gasteiger partial charge in [-0.3, -0.25) is 0 Å². The number of hydrogen-bond donors (Lipinski definition) is 2. The highest BCUT2D eigenvalue weighted by atomic mass is 16.4. The van der Waals surface area contributed by atoms with Crippen molar-refractivity contribution < 1.29 is 15.0 Å². The van der Waals surface area contributed by atoms with Gasteiger partial charge in [-0.25, -0.2) is 9.78 Å². The fourth-order valence-corrected chi connectivity index (χ4v) is 0.767. The summed E-state index contributed by atoms with van der Waals surface area (Å²) in [5.41, 5.74) is 0.478. The van der Waals surface area contributed by atoms with Crippen molar-refractivity contribution in [2.45, 2.75) is 0 Å². The molecule has 0 aromatic carbocycles. The van der Waals surface area contributed by atoms with Crippen molar-refractivity contribution in [1.82, 2.24) is 4.98 Å². The van der Waals surface area contributed by atoms with E-state index in [0.29, 0.717) is 5.56 Å². The molecule has 0 atom stereocenters. The number of nitrogens with zero attached hydrogens (tertiary/aromatic N) is 1. The second-order valence-corrected chi connectivity index (χ2v) is 2.19. The number of aromatic carboxylic acids is 1. The molecule has 0 spiro atoms. The average molecular weight is 177 g/mol. The summed E-state index contributed by atoms with van der Waals surface area (Å²) in [6.07, 6.45) is 1.37. The molecule has 4 nitrogen and oxygen atoms in total. The molecule has 0 amide bonds. The molecule has 4 heteroatoms. The van der Waals surface area contributed by atoms with Crippen LogP contribution < -0.4 is 0 Å². The van der Waals surface area contributed by atoms with Gasteiger partial charge in [-0.2, -0.15) is 0 Å². The van der Waals surface area contributed by atoms with Gasteiger partial charge < -0.3 is 10.2 Å². The maximum atomic E-state index is 10.5. The highest BCUT2D eigenvalue weighted by Gasteiger charge is 2.02. The first kappa shape index (κ1) is 9.23. The van der Waals surface area contributed by atoms with Gasteiger partial charge >= 0.3 is 5.97 Å². The van der Waals surface area contributed by atoms with Gasteiger partial charge in [-0.1, -0.05) is 11.8 Å². The molecule has 66 valence electrons. The van der Waals surface area contributed by atoms with Gasteiger partial charge in [0.05, 0.1) is 0 Å². The van der Waals surface area contributed by atoms with Gasteiger partial charge in [0, 0.05) is 11.8 Å². The number of pyridine rings is 1. The predicted molar refractivity (Wildman–Crippen MR) is 45.2 cm³/mol. The van der Waals surface area contributed by atoms with E-state index in [1.54, 1.807) is 6.07 Å². The summed E-state index contributed by atoms with van der Waals surface area (Å²) in [6.45, 7) is -0.245. The molecule has 13 heavy (non-hydrogen) atoms. The summed E-state index contributed by atoms with van der Waals surface area (Å²) < 4.78 is 0. The Morgan fingerprint density at radius 3 is 3.00 bits per heavy atom. The summed E-state index contributed by atoms with van der Waals surface area (Å²) in [5.74, 6) is 3.91. The molecule has 0 fully saturated rings. The minimum atomic E-state index is -1.09. The third-order valence-electron chi connectivity index (χ3n) is 1.29. The zero-order chi connectivity index (χ0) is 9.68. The average Bonchev–Trinajstić information content (AvgIpc) is 2.15. The van der Waals surface area contributed by atoms with Gasteiger partial charge in [0.1, 0.15) is 12.3 Å². The molecular formula is C9H7NO3. The SMILES string of the molecule is O=C(O)c1cc(C#CCO)ccn1. The smallest absolute Gasteiger partial charge is 0.354 e. The van der Waals surface area contributed by atoms with Gasteiger partial charge in [0.15, 0.2) is 0 Å². The standard InChI is InChI=1S/C9H7NO3/c11-5-1-2-7-3-4-10-8(6-7)9(12)13/h3-4,6,11H,5H2,(H,12,13). The van der Waals surface area contributed by atoms with Crippen molar-refractivity contribution in [2.24, 2.45) is 0 Å². The Bertz CT molecular complexity index is 376. The van der Waals surface area contributed by atoms with Crippen LogP contribution in [0.15, 0.2) is 18.3 Å². The van der Waals surface area contributed by atoms with E-state index in [9.17, 15) is 4.79 Å². The topological polar surface area (TPSA) is 70.4 Å². The van der Waals surface area contributed by atoms with Crippen molar-refractivity contribution >= 4 is 5.97 Å². The van der Waals surface area contributed by atoms with E-state index < -0.39 is 5.97 Å². The number of rotatable bonds is 1. The second kappa shape index (κ2) is 4.24. The summed E-state index contributed by atoms with van der Waals surface area (Å²) >= 11 is 0. The quantitative estimate of drug-likeness (QED) is 0.598. The maximum Gasteiger partial charge on any atom is 0.354 e. The number of hydrogen-bond acceptors (Lipinski definition) is 3. The van der Waals surface area contributed by atoms with E-state index in [1.807, 2.05) is 0 Å². The molecule has 1 heterocycles. The third kappa shape index (κ3) is 2.58. The molecule has 0 aliphatic heterocycles. The van der Waals surface area contributed by atoms with E-state index in [1.165, 1.54) is 12.3 Å². The monoisotopic (exact) mass is 177 g/mol. The van der Waals surface area contributed by atoms with E-state index in [4.69, 9.17) is 10.2 Å². The molecule has 1 rings (SSSR count). The lowest BCUT2D eigenvalue weighted by Crippen LogP contribution is -1.99. The molecule has 0 radical (unpaired) electrons. The zero-order valence-electron chi connectivity index (χ0n) is 6.69. The van der Waals surface area contributed by atoms with E-state index in [-0.39, 0.29) is 12.3 Å². The summed E-state index contributed by atoms with van der Waals surface area (Å²) in [4.78, 5) is 14.1. The summed E-state index contributed by atoms with van der Waals surface area (Å²) in [5, 5.41) is 17.0. The number of carboxylic acid groups (broad SMARTS) is 1. The first-order valence-electron chi connectivity index (χ1n) is 3.53. The predicted octanol–water partition coefficient (Wildman–Crippen LogP) is 0.124. The minimum absolute atomic E-state index is 0.0512. The summed E-state index contributed by atoms with van der Waals surface area (Å²) in [6, 6.07) is 2.93. The lowest BCUT2D eigenvalue weighted by Gasteiger charge is -1.92. The van der Waals surface area contributed by atoms with Crippen molar-refractivity contribution in [3.05, 3.63) is 29.6 Å². The van der Waals surface area contributed by atoms with Crippen LogP contribution in [0.25, 0.3) is 0 Å². The zero-order valence-corrected chi connectivity index (χ0v) is 6.69. The minimum Gasteiger partial charge on any atom is -0.477 e. The molecule has 0 saturated carbocycles. The number of aliphatic hydroxyl groups is 1. The van der Waals surface area contributed by atoms with E-state index >= 15 is 0 Å². The molecule has 1 aromatic rings. The normalized spacial score (nSPS) is 8.69. The number of aromatic nitrogens is 1. The van der Waals surface area contributed by atoms with Crippen molar-refractivity contribution in [2.75, 3.05) is 6.61 Å². The first-order chi connectivity index (χ1) is 6.24. The van der Waals surface area contributed by atoms with Crippen LogP contribution in [-0.2, 0) is 0 Å². The third-order valence-corrected chi connectivity index (χ3v) is 1.29. The van der Waals surface area contributed by atoms with Gasteiger partial charge in [-0.05, 0) is 12.1 Å². The molecule has 2 N–H and O–H groups in total. The van der Waals surface area contributed by atoms with Gasteiger partial charge in [0.2, 0.25) is 0 Å². The van der Waals surface area contributed by atoms with Crippen molar-refractivity contribution in [3.63, 3.8) is 0 Å². The Hall–Kier alpha value is -1.86. The van der Waals surface area contributed by atoms with Crippen molar-refractivity contribution in [3.8, 4) is 11.8 Å². The molecule has 0 bridgehead atoms. The van der Waals surface area contributed by atoms with Crippen LogP contribution in [0.4, 0.5) is 0 Å².